The van der Waals surface area contributed by atoms with E-state index >= 15 is 0 Å². The first-order chi connectivity index (χ1) is 28.7. The Balaban J connectivity index is 3.55. The van der Waals surface area contributed by atoms with Crippen LogP contribution in [0.1, 0.15) is 271 Å². The molecule has 0 fully saturated rings. The third-order valence-corrected chi connectivity index (χ3v) is 11.8. The van der Waals surface area contributed by atoms with Gasteiger partial charge in [0.1, 0.15) is 0 Å². The molecule has 0 radical (unpaired) electrons. The van der Waals surface area contributed by atoms with Crippen LogP contribution in [0.2, 0.25) is 0 Å². The van der Waals surface area contributed by atoms with Gasteiger partial charge in [0.15, 0.2) is 0 Å². The van der Waals surface area contributed by atoms with Crippen LogP contribution >= 0.6 is 0 Å². The van der Waals surface area contributed by atoms with Crippen molar-refractivity contribution in [1.82, 2.24) is 5.32 Å². The van der Waals surface area contributed by atoms with Gasteiger partial charge in [0.2, 0.25) is 5.91 Å². The molecule has 0 rings (SSSR count). The van der Waals surface area contributed by atoms with Crippen molar-refractivity contribution >= 4 is 5.91 Å². The Kier molecular flexibility index (Phi) is 48.3. The normalized spacial score (nSPS) is 13.2. The number of allylic oxidation sites excluding steroid dienone is 7. The Morgan fingerprint density at radius 3 is 1.12 bits per heavy atom. The van der Waals surface area contributed by atoms with Crippen molar-refractivity contribution in [2.24, 2.45) is 0 Å². The fraction of sp³-hybridized carbons (Fsp3) is 0.833. The first kappa shape index (κ1) is 56.4. The lowest BCUT2D eigenvalue weighted by atomic mass is 10.0. The summed E-state index contributed by atoms with van der Waals surface area (Å²) < 4.78 is 0. The van der Waals surface area contributed by atoms with E-state index < -0.39 is 12.1 Å². The summed E-state index contributed by atoms with van der Waals surface area (Å²) in [4.78, 5) is 12.4. The van der Waals surface area contributed by atoms with Crippen molar-refractivity contribution in [2.45, 2.75) is 283 Å². The minimum absolute atomic E-state index is 0.0806. The zero-order chi connectivity index (χ0) is 42.1. The smallest absolute Gasteiger partial charge is 0.220 e. The monoisotopic (exact) mass is 812 g/mol. The minimum Gasteiger partial charge on any atom is -0.394 e. The maximum atomic E-state index is 12.4. The van der Waals surface area contributed by atoms with Gasteiger partial charge >= 0.3 is 0 Å². The molecular formula is C54H101NO3. The number of hydrogen-bond donors (Lipinski definition) is 3. The summed E-state index contributed by atoms with van der Waals surface area (Å²) in [6.07, 6.45) is 68.3. The van der Waals surface area contributed by atoms with Crippen LogP contribution < -0.4 is 5.32 Å². The Morgan fingerprint density at radius 1 is 0.414 bits per heavy atom. The van der Waals surface area contributed by atoms with Crippen molar-refractivity contribution in [2.75, 3.05) is 6.61 Å². The van der Waals surface area contributed by atoms with Crippen LogP contribution in [0, 0.1) is 0 Å². The van der Waals surface area contributed by atoms with Gasteiger partial charge in [-0.2, -0.15) is 0 Å². The molecule has 340 valence electrons. The fourth-order valence-corrected chi connectivity index (χ4v) is 7.81. The van der Waals surface area contributed by atoms with Gasteiger partial charge in [-0.25, -0.2) is 0 Å². The molecule has 0 bridgehead atoms. The second kappa shape index (κ2) is 49.7. The van der Waals surface area contributed by atoms with E-state index in [1.807, 2.05) is 6.08 Å². The van der Waals surface area contributed by atoms with E-state index in [0.29, 0.717) is 6.42 Å². The van der Waals surface area contributed by atoms with Crippen molar-refractivity contribution in [3.05, 3.63) is 48.6 Å². The van der Waals surface area contributed by atoms with E-state index in [1.54, 1.807) is 6.08 Å². The van der Waals surface area contributed by atoms with Crippen molar-refractivity contribution < 1.29 is 15.0 Å². The predicted molar refractivity (Wildman–Crippen MR) is 258 cm³/mol. The quantitative estimate of drug-likeness (QED) is 0.0423. The van der Waals surface area contributed by atoms with Crippen LogP contribution in [0.3, 0.4) is 0 Å². The number of hydrogen-bond acceptors (Lipinski definition) is 3. The summed E-state index contributed by atoms with van der Waals surface area (Å²) in [7, 11) is 0. The molecule has 4 nitrogen and oxygen atoms in total. The predicted octanol–water partition coefficient (Wildman–Crippen LogP) is 16.7. The molecule has 2 unspecified atom stereocenters. The molecule has 0 aliphatic heterocycles. The molecule has 0 saturated carbocycles. The molecule has 0 aliphatic carbocycles. The number of aliphatic hydroxyl groups is 2. The second-order valence-corrected chi connectivity index (χ2v) is 17.6. The average molecular weight is 812 g/mol. The Morgan fingerprint density at radius 2 is 0.724 bits per heavy atom. The minimum atomic E-state index is -0.867. The van der Waals surface area contributed by atoms with Gasteiger partial charge < -0.3 is 15.5 Å². The average Bonchev–Trinajstić information content (AvgIpc) is 3.23. The standard InChI is InChI=1S/C54H101NO3/c1-3-5-7-9-11-13-15-17-19-21-23-24-25-26-27-28-29-30-31-32-33-35-37-39-41-43-45-47-49-53(57)52(51-56)55-54(58)50-48-46-44-42-40-38-36-34-22-20-18-16-14-12-10-8-6-4-2/h14,16,20,22,39,41,47,49,52-53,56-57H,3-13,15,17-19,21,23-38,40,42-46,48,50-51H2,1-2H3,(H,55,58)/b16-14-,22-20-,41-39+,49-47+. The highest BCUT2D eigenvalue weighted by Gasteiger charge is 2.17. The molecular weight excluding hydrogens is 711 g/mol. The van der Waals surface area contributed by atoms with E-state index in [1.165, 1.54) is 205 Å². The Labute approximate surface area is 363 Å². The Hall–Kier alpha value is -1.65. The van der Waals surface area contributed by atoms with Gasteiger partial charge in [0, 0.05) is 6.42 Å². The van der Waals surface area contributed by atoms with Crippen LogP contribution in [0.25, 0.3) is 0 Å². The molecule has 1 amide bonds. The molecule has 0 heterocycles. The van der Waals surface area contributed by atoms with Crippen molar-refractivity contribution in [3.8, 4) is 0 Å². The number of amides is 1. The molecule has 4 heteroatoms. The van der Waals surface area contributed by atoms with Gasteiger partial charge in [0.05, 0.1) is 18.8 Å². The lowest BCUT2D eigenvalue weighted by Gasteiger charge is -2.19. The lowest BCUT2D eigenvalue weighted by Crippen LogP contribution is -2.45. The number of nitrogens with one attached hydrogen (secondary N) is 1. The van der Waals surface area contributed by atoms with Gasteiger partial charge in [-0.1, -0.05) is 249 Å². The molecule has 0 aliphatic rings. The fourth-order valence-electron chi connectivity index (χ4n) is 7.81. The highest BCUT2D eigenvalue weighted by atomic mass is 16.3. The number of carbonyl (C=O) groups excluding carboxylic acids is 1. The molecule has 0 aromatic rings. The third-order valence-electron chi connectivity index (χ3n) is 11.8. The second-order valence-electron chi connectivity index (χ2n) is 17.6. The molecule has 3 N–H and O–H groups in total. The summed E-state index contributed by atoms with van der Waals surface area (Å²) in [5, 5.41) is 23.1. The van der Waals surface area contributed by atoms with Crippen molar-refractivity contribution in [3.63, 3.8) is 0 Å². The largest absolute Gasteiger partial charge is 0.394 e. The van der Waals surface area contributed by atoms with E-state index in [4.69, 9.17) is 0 Å². The number of rotatable bonds is 47. The SMILES string of the molecule is CCCCCC/C=C\C/C=C\CCCCCCCCCC(=O)NC(CO)C(O)/C=C/CC/C=C/CCCCCCCCCCCCCCCCCCCCCCCC. The van der Waals surface area contributed by atoms with Crippen LogP contribution in [0.5, 0.6) is 0 Å². The zero-order valence-electron chi connectivity index (χ0n) is 39.1. The highest BCUT2D eigenvalue weighted by Crippen LogP contribution is 2.16. The summed E-state index contributed by atoms with van der Waals surface area (Å²) in [6, 6.07) is -0.645. The topological polar surface area (TPSA) is 69.6 Å². The Bertz CT molecular complexity index is 923. The van der Waals surface area contributed by atoms with E-state index in [9.17, 15) is 15.0 Å². The molecule has 0 saturated heterocycles. The van der Waals surface area contributed by atoms with Crippen molar-refractivity contribution in [1.29, 1.82) is 0 Å². The van der Waals surface area contributed by atoms with Crippen LogP contribution in [0.4, 0.5) is 0 Å². The molecule has 0 spiro atoms. The zero-order valence-corrected chi connectivity index (χ0v) is 39.1. The molecule has 0 aromatic carbocycles. The summed E-state index contributed by atoms with van der Waals surface area (Å²) in [6.45, 7) is 4.29. The maximum Gasteiger partial charge on any atom is 0.220 e. The molecule has 2 atom stereocenters. The van der Waals surface area contributed by atoms with Crippen LogP contribution in [-0.2, 0) is 4.79 Å². The maximum absolute atomic E-state index is 12.4. The third kappa shape index (κ3) is 45.4. The summed E-state index contributed by atoms with van der Waals surface area (Å²) in [5.41, 5.74) is 0. The van der Waals surface area contributed by atoms with Gasteiger partial charge in [-0.05, 0) is 64.2 Å². The number of unbranched alkanes of at least 4 members (excludes halogenated alkanes) is 34. The molecule has 0 aromatic heterocycles. The van der Waals surface area contributed by atoms with E-state index in [0.717, 1.165) is 44.9 Å². The van der Waals surface area contributed by atoms with E-state index in [2.05, 4.69) is 55.6 Å². The van der Waals surface area contributed by atoms with Gasteiger partial charge in [0.25, 0.3) is 0 Å². The van der Waals surface area contributed by atoms with E-state index in [-0.39, 0.29) is 12.5 Å². The van der Waals surface area contributed by atoms with Gasteiger partial charge in [-0.3, -0.25) is 4.79 Å². The number of aliphatic hydroxyl groups excluding tert-OH is 2. The summed E-state index contributed by atoms with van der Waals surface area (Å²) >= 11 is 0. The van der Waals surface area contributed by atoms with Crippen LogP contribution in [0.15, 0.2) is 48.6 Å². The lowest BCUT2D eigenvalue weighted by molar-refractivity contribution is -0.123. The summed E-state index contributed by atoms with van der Waals surface area (Å²) in [5.74, 6) is -0.0806. The molecule has 58 heavy (non-hydrogen) atoms. The number of carbonyl (C=O) groups is 1. The first-order valence-corrected chi connectivity index (χ1v) is 25.9. The van der Waals surface area contributed by atoms with Gasteiger partial charge in [-0.15, -0.1) is 0 Å². The highest BCUT2D eigenvalue weighted by molar-refractivity contribution is 5.76. The van der Waals surface area contributed by atoms with Crippen LogP contribution in [-0.4, -0.2) is 34.9 Å². The first-order valence-electron chi connectivity index (χ1n) is 25.9.